The number of hydrogen-bond acceptors (Lipinski definition) is 3. The Morgan fingerprint density at radius 2 is 1.74 bits per heavy atom. The maximum atomic E-state index is 12.7. The van der Waals surface area contributed by atoms with Gasteiger partial charge in [-0.2, -0.15) is 0 Å². The molecule has 4 atom stereocenters. The molecule has 27 heavy (non-hydrogen) atoms. The highest BCUT2D eigenvalue weighted by Crippen LogP contribution is 2.52. The second-order valence-electron chi connectivity index (χ2n) is 8.70. The molecule has 4 aliphatic rings. The quantitative estimate of drug-likeness (QED) is 0.206. The second-order valence-corrected chi connectivity index (χ2v) is 8.70. The van der Waals surface area contributed by atoms with Gasteiger partial charge < -0.3 is 10.6 Å². The monoisotopic (exact) mass is 486 g/mol. The number of halogens is 1. The number of rotatable bonds is 5. The average Bonchev–Trinajstić information content (AvgIpc) is 3.39. The molecule has 0 radical (unpaired) electrons. The SMILES string of the molecule is CN=C(NCCN1C(=O)C2C3C=CC(C3)C2C1=O)NCC1(C)CCCC1.I. The Hall–Kier alpha value is -1.12. The van der Waals surface area contributed by atoms with Crippen LogP contribution >= 0.6 is 24.0 Å². The van der Waals surface area contributed by atoms with E-state index < -0.39 is 0 Å². The van der Waals surface area contributed by atoms with E-state index in [1.807, 2.05) is 0 Å². The smallest absolute Gasteiger partial charge is 0.233 e. The molecule has 3 fully saturated rings. The third-order valence-electron chi connectivity index (χ3n) is 6.91. The van der Waals surface area contributed by atoms with E-state index in [-0.39, 0.29) is 59.5 Å². The number of imide groups is 1. The van der Waals surface area contributed by atoms with E-state index in [1.165, 1.54) is 30.6 Å². The van der Waals surface area contributed by atoms with E-state index in [9.17, 15) is 9.59 Å². The number of aliphatic imine (C=N–C) groups is 1. The number of nitrogens with one attached hydrogen (secondary N) is 2. The zero-order valence-corrected chi connectivity index (χ0v) is 18.6. The molecular formula is C20H31IN4O2. The van der Waals surface area contributed by atoms with Gasteiger partial charge in [-0.25, -0.2) is 0 Å². The molecule has 0 aromatic carbocycles. The lowest BCUT2D eigenvalue weighted by Gasteiger charge is -2.25. The van der Waals surface area contributed by atoms with Gasteiger partial charge in [0.15, 0.2) is 5.96 Å². The van der Waals surface area contributed by atoms with Gasteiger partial charge in [-0.3, -0.25) is 19.5 Å². The highest BCUT2D eigenvalue weighted by Gasteiger charge is 2.58. The van der Waals surface area contributed by atoms with Crippen molar-refractivity contribution >= 4 is 41.8 Å². The molecule has 2 N–H and O–H groups in total. The number of likely N-dealkylation sites (tertiary alicyclic amines) is 1. The van der Waals surface area contributed by atoms with Gasteiger partial charge in [0.1, 0.15) is 0 Å². The third-order valence-corrected chi connectivity index (χ3v) is 6.91. The standard InChI is InChI=1S/C20H30N4O2.HI/c1-20(7-3-4-8-20)12-23-19(21-2)22-9-10-24-17(25)15-13-5-6-14(11-13)16(15)18(24)26;/h5-6,13-16H,3-4,7-12H2,1-2H3,(H2,21,22,23);1H. The van der Waals surface area contributed by atoms with Gasteiger partial charge in [-0.1, -0.05) is 31.9 Å². The van der Waals surface area contributed by atoms with Gasteiger partial charge >= 0.3 is 0 Å². The predicted molar refractivity (Wildman–Crippen MR) is 116 cm³/mol. The lowest BCUT2D eigenvalue weighted by atomic mass is 9.85. The number of fused-ring (bicyclic) bond motifs is 5. The molecule has 0 aromatic heterocycles. The minimum atomic E-state index is -0.0998. The summed E-state index contributed by atoms with van der Waals surface area (Å²) < 4.78 is 0. The minimum Gasteiger partial charge on any atom is -0.356 e. The van der Waals surface area contributed by atoms with Crippen LogP contribution in [0.5, 0.6) is 0 Å². The van der Waals surface area contributed by atoms with E-state index in [1.54, 1.807) is 7.05 Å². The third kappa shape index (κ3) is 3.76. The molecule has 0 spiro atoms. The van der Waals surface area contributed by atoms with Crippen molar-refractivity contribution in [3.63, 3.8) is 0 Å². The summed E-state index contributed by atoms with van der Waals surface area (Å²) >= 11 is 0. The van der Waals surface area contributed by atoms with Crippen LogP contribution in [0.25, 0.3) is 0 Å². The minimum absolute atomic E-state index is 0. The molecule has 2 saturated carbocycles. The van der Waals surface area contributed by atoms with Gasteiger partial charge in [-0.05, 0) is 36.5 Å². The first-order valence-electron chi connectivity index (χ1n) is 10.0. The van der Waals surface area contributed by atoms with Crippen LogP contribution in [0.1, 0.15) is 39.0 Å². The van der Waals surface area contributed by atoms with Crippen LogP contribution in [0.4, 0.5) is 0 Å². The van der Waals surface area contributed by atoms with Crippen molar-refractivity contribution in [2.75, 3.05) is 26.7 Å². The lowest BCUT2D eigenvalue weighted by molar-refractivity contribution is -0.140. The maximum Gasteiger partial charge on any atom is 0.233 e. The lowest BCUT2D eigenvalue weighted by Crippen LogP contribution is -2.45. The molecule has 4 unspecified atom stereocenters. The fraction of sp³-hybridized carbons (Fsp3) is 0.750. The average molecular weight is 486 g/mol. The summed E-state index contributed by atoms with van der Waals surface area (Å²) in [6.45, 7) is 4.19. The first kappa shape index (κ1) is 20.6. The predicted octanol–water partition coefficient (Wildman–Crippen LogP) is 2.16. The highest BCUT2D eigenvalue weighted by molar-refractivity contribution is 14.0. The summed E-state index contributed by atoms with van der Waals surface area (Å²) in [4.78, 5) is 31.1. The van der Waals surface area contributed by atoms with E-state index in [4.69, 9.17) is 0 Å². The molecule has 2 amide bonds. The first-order chi connectivity index (χ1) is 12.5. The van der Waals surface area contributed by atoms with Crippen molar-refractivity contribution in [3.05, 3.63) is 12.2 Å². The van der Waals surface area contributed by atoms with Crippen LogP contribution in [0.3, 0.4) is 0 Å². The fourth-order valence-corrected chi connectivity index (χ4v) is 5.39. The highest BCUT2D eigenvalue weighted by atomic mass is 127. The van der Waals surface area contributed by atoms with Crippen molar-refractivity contribution in [1.82, 2.24) is 15.5 Å². The van der Waals surface area contributed by atoms with Gasteiger partial charge in [0, 0.05) is 26.7 Å². The zero-order valence-electron chi connectivity index (χ0n) is 16.2. The Morgan fingerprint density at radius 3 is 2.30 bits per heavy atom. The molecule has 1 saturated heterocycles. The Bertz CT molecular complexity index is 626. The summed E-state index contributed by atoms with van der Waals surface area (Å²) in [5, 5.41) is 6.66. The normalized spacial score (nSPS) is 33.4. The number of hydrogen-bond donors (Lipinski definition) is 2. The molecule has 4 rings (SSSR count). The van der Waals surface area contributed by atoms with Crippen molar-refractivity contribution < 1.29 is 9.59 Å². The summed E-state index contributed by atoms with van der Waals surface area (Å²) in [7, 11) is 1.76. The number of allylic oxidation sites excluding steroid dienone is 2. The molecule has 150 valence electrons. The molecule has 7 heteroatoms. The van der Waals surface area contributed by atoms with Crippen molar-refractivity contribution in [1.29, 1.82) is 0 Å². The number of nitrogens with zero attached hydrogens (tertiary/aromatic N) is 2. The number of guanidine groups is 1. The van der Waals surface area contributed by atoms with Gasteiger partial charge in [0.05, 0.1) is 11.8 Å². The van der Waals surface area contributed by atoms with E-state index in [0.717, 1.165) is 18.9 Å². The summed E-state index contributed by atoms with van der Waals surface area (Å²) in [6.07, 6.45) is 10.4. The van der Waals surface area contributed by atoms with Gasteiger partial charge in [0.2, 0.25) is 11.8 Å². The molecular weight excluding hydrogens is 455 g/mol. The van der Waals surface area contributed by atoms with Crippen LogP contribution in [-0.4, -0.2) is 49.4 Å². The van der Waals surface area contributed by atoms with Crippen molar-refractivity contribution in [2.45, 2.75) is 39.0 Å². The van der Waals surface area contributed by atoms with E-state index >= 15 is 0 Å². The largest absolute Gasteiger partial charge is 0.356 e. The topological polar surface area (TPSA) is 73.8 Å². The molecule has 0 aromatic rings. The molecule has 1 aliphatic heterocycles. The molecule has 2 bridgehead atoms. The Balaban J connectivity index is 0.00000210. The number of carbonyl (C=O) groups is 2. The molecule has 1 heterocycles. The maximum absolute atomic E-state index is 12.7. The van der Waals surface area contributed by atoms with E-state index in [2.05, 4.69) is 34.7 Å². The van der Waals surface area contributed by atoms with Crippen LogP contribution in [0.15, 0.2) is 17.1 Å². The van der Waals surface area contributed by atoms with Crippen LogP contribution in [-0.2, 0) is 9.59 Å². The zero-order chi connectivity index (χ0) is 18.3. The van der Waals surface area contributed by atoms with Crippen molar-refractivity contribution in [3.8, 4) is 0 Å². The van der Waals surface area contributed by atoms with Crippen LogP contribution in [0, 0.1) is 29.1 Å². The Labute approximate surface area is 178 Å². The van der Waals surface area contributed by atoms with Crippen LogP contribution in [0.2, 0.25) is 0 Å². The number of carbonyl (C=O) groups excluding carboxylic acids is 2. The van der Waals surface area contributed by atoms with E-state index in [0.29, 0.717) is 18.5 Å². The first-order valence-corrected chi connectivity index (χ1v) is 10.0. The Morgan fingerprint density at radius 1 is 1.15 bits per heavy atom. The summed E-state index contributed by atoms with van der Waals surface area (Å²) in [5.41, 5.74) is 0.349. The van der Waals surface area contributed by atoms with Gasteiger partial charge in [0.25, 0.3) is 0 Å². The van der Waals surface area contributed by atoms with Crippen molar-refractivity contribution in [2.24, 2.45) is 34.1 Å². The summed E-state index contributed by atoms with van der Waals surface area (Å²) in [6, 6.07) is 0. The second kappa shape index (κ2) is 8.09. The van der Waals surface area contributed by atoms with Crippen LogP contribution < -0.4 is 10.6 Å². The molecule has 6 nitrogen and oxygen atoms in total. The fourth-order valence-electron chi connectivity index (χ4n) is 5.39. The number of amides is 2. The van der Waals surface area contributed by atoms with Gasteiger partial charge in [-0.15, -0.1) is 24.0 Å². The summed E-state index contributed by atoms with van der Waals surface area (Å²) in [5.74, 6) is 1.16. The molecule has 3 aliphatic carbocycles. The Kier molecular flexibility index (Phi) is 6.17.